The lowest BCUT2D eigenvalue weighted by Gasteiger charge is -2.19. The molecule has 0 aliphatic rings. The van der Waals surface area contributed by atoms with Gasteiger partial charge in [0.1, 0.15) is 0 Å². The fourth-order valence-electron chi connectivity index (χ4n) is 2.22. The second-order valence-electron chi connectivity index (χ2n) is 5.53. The zero-order valence-corrected chi connectivity index (χ0v) is 13.8. The van der Waals surface area contributed by atoms with Crippen molar-refractivity contribution in [1.82, 2.24) is 0 Å². The van der Waals surface area contributed by atoms with Crippen molar-refractivity contribution in [2.45, 2.75) is 26.7 Å². The minimum atomic E-state index is -0.786. The predicted molar refractivity (Wildman–Crippen MR) is 86.3 cm³/mol. The highest BCUT2D eigenvalue weighted by molar-refractivity contribution is 9.10. The Morgan fingerprint density at radius 2 is 2.05 bits per heavy atom. The Bertz CT molecular complexity index is 518. The Kier molecular flexibility index (Phi) is 6.68. The van der Waals surface area contributed by atoms with E-state index in [0.717, 1.165) is 16.6 Å². The average molecular weight is 357 g/mol. The van der Waals surface area contributed by atoms with Gasteiger partial charge in [0, 0.05) is 28.7 Å². The fourth-order valence-corrected chi connectivity index (χ4v) is 2.74. The highest BCUT2D eigenvalue weighted by Gasteiger charge is 2.15. The molecule has 0 aliphatic heterocycles. The first-order valence-corrected chi connectivity index (χ1v) is 7.64. The zero-order chi connectivity index (χ0) is 16.0. The number of aliphatic carboxylic acids is 1. The summed E-state index contributed by atoms with van der Waals surface area (Å²) in [6.45, 7) is 4.72. The van der Waals surface area contributed by atoms with E-state index in [1.165, 1.54) is 0 Å². The molecule has 1 aromatic rings. The lowest BCUT2D eigenvalue weighted by atomic mass is 9.94. The first kappa shape index (κ1) is 17.5. The number of carbonyl (C=O) groups excluding carboxylic acids is 1. The zero-order valence-electron chi connectivity index (χ0n) is 12.2. The number of primary amides is 1. The lowest BCUT2D eigenvalue weighted by Crippen LogP contribution is -2.20. The van der Waals surface area contributed by atoms with E-state index in [4.69, 9.17) is 10.8 Å². The number of halogens is 1. The summed E-state index contributed by atoms with van der Waals surface area (Å²) >= 11 is 3.38. The van der Waals surface area contributed by atoms with Crippen LogP contribution in [0.1, 0.15) is 37.0 Å². The number of nitrogens with one attached hydrogen (secondary N) is 1. The molecule has 0 fully saturated rings. The van der Waals surface area contributed by atoms with Gasteiger partial charge in [0.05, 0.1) is 0 Å². The Hall–Kier alpha value is -1.56. The van der Waals surface area contributed by atoms with E-state index in [1.54, 1.807) is 18.2 Å². The van der Waals surface area contributed by atoms with E-state index >= 15 is 0 Å². The molecule has 0 radical (unpaired) electrons. The number of benzene rings is 1. The number of anilines is 1. The van der Waals surface area contributed by atoms with E-state index in [9.17, 15) is 9.59 Å². The van der Waals surface area contributed by atoms with Crippen LogP contribution in [0.5, 0.6) is 0 Å². The number of rotatable bonds is 8. The summed E-state index contributed by atoms with van der Waals surface area (Å²) in [5.74, 6) is -0.765. The van der Waals surface area contributed by atoms with Gasteiger partial charge in [-0.2, -0.15) is 0 Å². The third-order valence-electron chi connectivity index (χ3n) is 3.10. The Morgan fingerprint density at radius 1 is 1.38 bits per heavy atom. The molecular formula is C15H21BrN2O3. The van der Waals surface area contributed by atoms with Gasteiger partial charge in [-0.25, -0.2) is 0 Å². The summed E-state index contributed by atoms with van der Waals surface area (Å²) in [6.07, 6.45) is 0.985. The van der Waals surface area contributed by atoms with E-state index in [1.807, 2.05) is 0 Å². The third-order valence-corrected chi connectivity index (χ3v) is 3.76. The van der Waals surface area contributed by atoms with Crippen LogP contribution < -0.4 is 11.1 Å². The molecule has 1 amide bonds. The van der Waals surface area contributed by atoms with Gasteiger partial charge in [0.15, 0.2) is 0 Å². The third kappa shape index (κ3) is 6.16. The normalized spacial score (nSPS) is 12.2. The Morgan fingerprint density at radius 3 is 2.52 bits per heavy atom. The van der Waals surface area contributed by atoms with Gasteiger partial charge in [-0.1, -0.05) is 13.8 Å². The highest BCUT2D eigenvalue weighted by atomic mass is 79.9. The van der Waals surface area contributed by atoms with Gasteiger partial charge in [0.2, 0.25) is 5.91 Å². The van der Waals surface area contributed by atoms with Gasteiger partial charge < -0.3 is 16.2 Å². The largest absolute Gasteiger partial charge is 0.481 e. The Balaban J connectivity index is 2.70. The minimum absolute atomic E-state index is 0.0604. The summed E-state index contributed by atoms with van der Waals surface area (Å²) in [6, 6.07) is 5.06. The van der Waals surface area contributed by atoms with Crippen molar-refractivity contribution in [3.63, 3.8) is 0 Å². The summed E-state index contributed by atoms with van der Waals surface area (Å²) in [4.78, 5) is 22.0. The van der Waals surface area contributed by atoms with E-state index < -0.39 is 11.9 Å². The molecule has 0 heterocycles. The van der Waals surface area contributed by atoms with Gasteiger partial charge >= 0.3 is 5.97 Å². The number of carbonyl (C=O) groups is 2. The van der Waals surface area contributed by atoms with Crippen molar-refractivity contribution in [1.29, 1.82) is 0 Å². The Labute approximate surface area is 133 Å². The number of carboxylic acids is 1. The maximum Gasteiger partial charge on any atom is 0.303 e. The molecule has 0 saturated heterocycles. The smallest absolute Gasteiger partial charge is 0.303 e. The maximum absolute atomic E-state index is 11.1. The first-order valence-electron chi connectivity index (χ1n) is 6.84. The standard InChI is InChI=1S/C15H21BrN2O3/c1-9(2)5-10(6-14(19)20)8-18-13-4-3-11(15(17)21)7-12(13)16/h3-4,7,9-10,18H,5-6,8H2,1-2H3,(H2,17,21)(H,19,20). The molecule has 0 spiro atoms. The SMILES string of the molecule is CC(C)CC(CNc1ccc(C(N)=O)cc1Br)CC(=O)O. The number of hydrogen-bond donors (Lipinski definition) is 3. The topological polar surface area (TPSA) is 92.4 Å². The summed E-state index contributed by atoms with van der Waals surface area (Å²) < 4.78 is 0.734. The van der Waals surface area contributed by atoms with Crippen LogP contribution >= 0.6 is 15.9 Å². The number of amides is 1. The number of hydrogen-bond acceptors (Lipinski definition) is 3. The summed E-state index contributed by atoms with van der Waals surface area (Å²) in [5.41, 5.74) is 6.47. The molecule has 1 unspecified atom stereocenters. The second-order valence-corrected chi connectivity index (χ2v) is 6.39. The quantitative estimate of drug-likeness (QED) is 0.667. The van der Waals surface area contributed by atoms with Crippen LogP contribution in [0.4, 0.5) is 5.69 Å². The molecule has 6 heteroatoms. The van der Waals surface area contributed by atoms with E-state index in [-0.39, 0.29) is 12.3 Å². The monoisotopic (exact) mass is 356 g/mol. The molecular weight excluding hydrogens is 336 g/mol. The molecule has 0 aliphatic carbocycles. The molecule has 116 valence electrons. The van der Waals surface area contributed by atoms with Gasteiger partial charge in [-0.05, 0) is 52.4 Å². The molecule has 0 aromatic heterocycles. The van der Waals surface area contributed by atoms with Gasteiger partial charge in [0.25, 0.3) is 0 Å². The highest BCUT2D eigenvalue weighted by Crippen LogP contribution is 2.25. The summed E-state index contributed by atoms with van der Waals surface area (Å²) in [7, 11) is 0. The van der Waals surface area contributed by atoms with Crippen molar-refractivity contribution in [2.24, 2.45) is 17.6 Å². The predicted octanol–water partition coefficient (Wildman–Crippen LogP) is 3.10. The van der Waals surface area contributed by atoms with Crippen LogP contribution in [-0.4, -0.2) is 23.5 Å². The molecule has 21 heavy (non-hydrogen) atoms. The van der Waals surface area contributed by atoms with E-state index in [0.29, 0.717) is 18.0 Å². The van der Waals surface area contributed by atoms with Crippen molar-refractivity contribution in [2.75, 3.05) is 11.9 Å². The molecule has 5 nitrogen and oxygen atoms in total. The molecule has 1 rings (SSSR count). The fraction of sp³-hybridized carbons (Fsp3) is 0.467. The molecule has 1 aromatic carbocycles. The van der Waals surface area contributed by atoms with Crippen LogP contribution in [0, 0.1) is 11.8 Å². The van der Waals surface area contributed by atoms with E-state index in [2.05, 4.69) is 35.1 Å². The van der Waals surface area contributed by atoms with Crippen molar-refractivity contribution in [3.05, 3.63) is 28.2 Å². The summed E-state index contributed by atoms with van der Waals surface area (Å²) in [5, 5.41) is 12.2. The molecule has 1 atom stereocenters. The van der Waals surface area contributed by atoms with Crippen LogP contribution in [0.2, 0.25) is 0 Å². The first-order chi connectivity index (χ1) is 9.79. The number of carboxylic acid groups (broad SMARTS) is 1. The minimum Gasteiger partial charge on any atom is -0.481 e. The van der Waals surface area contributed by atoms with Crippen LogP contribution in [-0.2, 0) is 4.79 Å². The van der Waals surface area contributed by atoms with Crippen LogP contribution in [0.25, 0.3) is 0 Å². The van der Waals surface area contributed by atoms with Crippen LogP contribution in [0.3, 0.4) is 0 Å². The van der Waals surface area contributed by atoms with Crippen molar-refractivity contribution < 1.29 is 14.7 Å². The number of nitrogens with two attached hydrogens (primary N) is 1. The van der Waals surface area contributed by atoms with Crippen molar-refractivity contribution >= 4 is 33.5 Å². The van der Waals surface area contributed by atoms with Gasteiger partial charge in [-0.15, -0.1) is 0 Å². The van der Waals surface area contributed by atoms with Crippen LogP contribution in [0.15, 0.2) is 22.7 Å². The van der Waals surface area contributed by atoms with Crippen molar-refractivity contribution in [3.8, 4) is 0 Å². The maximum atomic E-state index is 11.1. The average Bonchev–Trinajstić information content (AvgIpc) is 2.35. The second kappa shape index (κ2) is 8.02. The van der Waals surface area contributed by atoms with Gasteiger partial charge in [-0.3, -0.25) is 9.59 Å². The lowest BCUT2D eigenvalue weighted by molar-refractivity contribution is -0.138. The molecule has 0 saturated carbocycles. The molecule has 0 bridgehead atoms. The molecule has 4 N–H and O–H groups in total.